The van der Waals surface area contributed by atoms with E-state index in [2.05, 4.69) is 29.8 Å². The quantitative estimate of drug-likeness (QED) is 0.393. The number of rotatable bonds is 5. The molecule has 1 saturated carbocycles. The molecule has 6 rings (SSSR count). The van der Waals surface area contributed by atoms with Gasteiger partial charge in [0.05, 0.1) is 31.4 Å². The maximum Gasteiger partial charge on any atom is 0.238 e. The predicted octanol–water partition coefficient (Wildman–Crippen LogP) is 4.56. The first-order chi connectivity index (χ1) is 20.0. The third kappa shape index (κ3) is 4.75. The molecule has 0 unspecified atom stereocenters. The van der Waals surface area contributed by atoms with E-state index in [4.69, 9.17) is 32.7 Å². The third-order valence-corrected chi connectivity index (χ3v) is 10.7. The highest BCUT2D eigenvalue weighted by molar-refractivity contribution is 6.31. The minimum atomic E-state index is -1.07. The summed E-state index contributed by atoms with van der Waals surface area (Å²) in [5, 5.41) is 20.9. The Labute approximate surface area is 256 Å². The summed E-state index contributed by atoms with van der Waals surface area (Å²) in [4.78, 5) is 28.9. The molecule has 1 aliphatic carbocycles. The molecule has 8 nitrogen and oxygen atoms in total. The number of methoxy groups -OCH3 is 1. The number of halogens is 2. The van der Waals surface area contributed by atoms with Crippen molar-refractivity contribution in [3.8, 4) is 0 Å². The molecule has 2 saturated heterocycles. The van der Waals surface area contributed by atoms with Gasteiger partial charge in [-0.3, -0.25) is 14.9 Å². The standard InChI is InChI=1S/C32H39Cl2N3O5/c1-30(2)9-11-31(12-10-30)32(22-8-7-20(34)14-23(22)36-29(32)40)26(18-5-4-6-19(33)13-18)27(37-31)28(39)35-21-15-24(41-3)25(16-38)42-17-21/h4-8,13-14,21,24-27,37-38H,9-12,15-17H2,1-3H3,(H,35,39)(H,36,40)/t21-,24+,25-,26+,27-,32-/m1/s1. The smallest absolute Gasteiger partial charge is 0.238 e. The molecule has 0 bridgehead atoms. The number of aliphatic hydroxyl groups excluding tert-OH is 1. The van der Waals surface area contributed by atoms with Crippen molar-refractivity contribution in [2.45, 2.75) is 87.1 Å². The van der Waals surface area contributed by atoms with Crippen molar-refractivity contribution >= 4 is 40.7 Å². The van der Waals surface area contributed by atoms with Crippen LogP contribution in [0.2, 0.25) is 10.0 Å². The lowest BCUT2D eigenvalue weighted by Gasteiger charge is -2.50. The van der Waals surface area contributed by atoms with Gasteiger partial charge in [-0.1, -0.05) is 55.2 Å². The lowest BCUT2D eigenvalue weighted by molar-refractivity contribution is -0.134. The molecule has 3 fully saturated rings. The van der Waals surface area contributed by atoms with Crippen LogP contribution in [0, 0.1) is 5.41 Å². The molecule has 0 radical (unpaired) electrons. The molecule has 2 aromatic carbocycles. The zero-order valence-electron chi connectivity index (χ0n) is 24.2. The normalized spacial score (nSPS) is 33.0. The van der Waals surface area contributed by atoms with Gasteiger partial charge >= 0.3 is 0 Å². The van der Waals surface area contributed by atoms with E-state index in [1.54, 1.807) is 19.2 Å². The van der Waals surface area contributed by atoms with Crippen LogP contribution in [0.1, 0.15) is 63.0 Å². The van der Waals surface area contributed by atoms with Gasteiger partial charge in [0.25, 0.3) is 0 Å². The molecule has 4 N–H and O–H groups in total. The number of nitrogens with one attached hydrogen (secondary N) is 3. The molecular formula is C32H39Cl2N3O5. The zero-order chi connectivity index (χ0) is 29.9. The molecule has 2 spiro atoms. The van der Waals surface area contributed by atoms with Crippen molar-refractivity contribution < 1.29 is 24.2 Å². The highest BCUT2D eigenvalue weighted by Crippen LogP contribution is 2.63. The van der Waals surface area contributed by atoms with E-state index >= 15 is 0 Å². The van der Waals surface area contributed by atoms with Crippen molar-refractivity contribution in [2.24, 2.45) is 5.41 Å². The van der Waals surface area contributed by atoms with Crippen LogP contribution in [0.5, 0.6) is 0 Å². The summed E-state index contributed by atoms with van der Waals surface area (Å²) < 4.78 is 11.4. The van der Waals surface area contributed by atoms with E-state index in [9.17, 15) is 14.7 Å². The molecule has 4 aliphatic rings. The Balaban J connectivity index is 1.47. The average Bonchev–Trinajstić information content (AvgIpc) is 3.42. The number of hydrogen-bond donors (Lipinski definition) is 4. The highest BCUT2D eigenvalue weighted by Gasteiger charge is 2.72. The maximum atomic E-state index is 14.6. The Kier molecular flexibility index (Phi) is 7.86. The molecule has 0 aromatic heterocycles. The number of benzene rings is 2. The minimum Gasteiger partial charge on any atom is -0.394 e. The fourth-order valence-corrected chi connectivity index (χ4v) is 8.41. The maximum absolute atomic E-state index is 14.6. The van der Waals surface area contributed by atoms with Gasteiger partial charge in [0.1, 0.15) is 11.5 Å². The second kappa shape index (κ2) is 11.1. The number of amides is 2. The van der Waals surface area contributed by atoms with Crippen LogP contribution >= 0.6 is 23.2 Å². The molecule has 3 aliphatic heterocycles. The van der Waals surface area contributed by atoms with Gasteiger partial charge < -0.3 is 25.2 Å². The number of ether oxygens (including phenoxy) is 2. The van der Waals surface area contributed by atoms with Gasteiger partial charge in [-0.05, 0) is 72.9 Å². The number of carbonyl (C=O) groups is 2. The number of carbonyl (C=O) groups excluding carboxylic acids is 2. The van der Waals surface area contributed by atoms with Gasteiger partial charge in [-0.2, -0.15) is 0 Å². The van der Waals surface area contributed by atoms with Crippen LogP contribution in [0.3, 0.4) is 0 Å². The van der Waals surface area contributed by atoms with Gasteiger partial charge in [0.15, 0.2) is 0 Å². The SMILES string of the molecule is CO[C@H]1C[C@@H](NC(=O)[C@@H]2NC3(CCC(C)(C)CC3)[C@@]3(C(=O)Nc4cc(Cl)ccc43)[C@H]2c2cccc(Cl)c2)CO[C@@H]1CO. The van der Waals surface area contributed by atoms with Crippen molar-refractivity contribution in [2.75, 3.05) is 25.6 Å². The van der Waals surface area contributed by atoms with E-state index in [1.807, 2.05) is 30.3 Å². The number of aliphatic hydroxyl groups is 1. The van der Waals surface area contributed by atoms with Crippen LogP contribution in [-0.2, 0) is 24.5 Å². The van der Waals surface area contributed by atoms with Crippen LogP contribution in [0.15, 0.2) is 42.5 Å². The van der Waals surface area contributed by atoms with Crippen LogP contribution in [0.25, 0.3) is 0 Å². The second-order valence-electron chi connectivity index (χ2n) is 13.1. The summed E-state index contributed by atoms with van der Waals surface area (Å²) >= 11 is 12.9. The van der Waals surface area contributed by atoms with Crippen molar-refractivity contribution in [3.63, 3.8) is 0 Å². The van der Waals surface area contributed by atoms with Crippen LogP contribution < -0.4 is 16.0 Å². The van der Waals surface area contributed by atoms with Crippen LogP contribution in [-0.4, -0.2) is 67.1 Å². The molecule has 6 atom stereocenters. The second-order valence-corrected chi connectivity index (χ2v) is 14.0. The van der Waals surface area contributed by atoms with Gasteiger partial charge in [0, 0.05) is 34.3 Å². The fraction of sp³-hybridized carbons (Fsp3) is 0.562. The van der Waals surface area contributed by atoms with Crippen molar-refractivity contribution in [1.29, 1.82) is 0 Å². The summed E-state index contributed by atoms with van der Waals surface area (Å²) in [6.45, 7) is 4.63. The summed E-state index contributed by atoms with van der Waals surface area (Å²) in [6.07, 6.45) is 3.00. The van der Waals surface area contributed by atoms with E-state index in [-0.39, 0.29) is 42.6 Å². The number of fused-ring (bicyclic) bond motifs is 3. The lowest BCUT2D eigenvalue weighted by Crippen LogP contribution is -2.61. The van der Waals surface area contributed by atoms with E-state index < -0.39 is 29.0 Å². The predicted molar refractivity (Wildman–Crippen MR) is 162 cm³/mol. The minimum absolute atomic E-state index is 0.121. The van der Waals surface area contributed by atoms with E-state index in [0.717, 1.165) is 36.8 Å². The van der Waals surface area contributed by atoms with E-state index in [1.165, 1.54) is 0 Å². The summed E-state index contributed by atoms with van der Waals surface area (Å²) in [6, 6.07) is 12.0. The molecule has 42 heavy (non-hydrogen) atoms. The first-order valence-electron chi connectivity index (χ1n) is 14.7. The number of hydrogen-bond acceptors (Lipinski definition) is 6. The van der Waals surface area contributed by atoms with Gasteiger partial charge in [-0.25, -0.2) is 0 Å². The molecule has 2 aromatic rings. The van der Waals surface area contributed by atoms with Crippen molar-refractivity contribution in [3.05, 3.63) is 63.6 Å². The third-order valence-electron chi connectivity index (χ3n) is 10.2. The summed E-state index contributed by atoms with van der Waals surface area (Å²) in [5.74, 6) is -0.881. The number of anilines is 1. The Bertz CT molecular complexity index is 1380. The molecule has 226 valence electrons. The summed E-state index contributed by atoms with van der Waals surface area (Å²) in [7, 11) is 1.58. The largest absolute Gasteiger partial charge is 0.394 e. The zero-order valence-corrected chi connectivity index (χ0v) is 25.7. The lowest BCUT2D eigenvalue weighted by atomic mass is 9.53. The van der Waals surface area contributed by atoms with Crippen molar-refractivity contribution in [1.82, 2.24) is 10.6 Å². The van der Waals surface area contributed by atoms with Gasteiger partial charge in [0.2, 0.25) is 11.8 Å². The Hall–Kier alpha value is -2.20. The first kappa shape index (κ1) is 29.9. The Morgan fingerprint density at radius 1 is 1.12 bits per heavy atom. The molecule has 3 heterocycles. The molecular weight excluding hydrogens is 577 g/mol. The first-order valence-corrected chi connectivity index (χ1v) is 15.5. The van der Waals surface area contributed by atoms with Gasteiger partial charge in [-0.15, -0.1) is 0 Å². The molecule has 2 amide bonds. The molecule has 10 heteroatoms. The van der Waals surface area contributed by atoms with E-state index in [0.29, 0.717) is 22.2 Å². The average molecular weight is 617 g/mol. The Morgan fingerprint density at radius 3 is 2.55 bits per heavy atom. The topological polar surface area (TPSA) is 109 Å². The highest BCUT2D eigenvalue weighted by atomic mass is 35.5. The summed E-state index contributed by atoms with van der Waals surface area (Å²) in [5.41, 5.74) is 0.734. The Morgan fingerprint density at radius 2 is 1.86 bits per heavy atom. The monoisotopic (exact) mass is 615 g/mol. The fourth-order valence-electron chi connectivity index (χ4n) is 8.04. The van der Waals surface area contributed by atoms with Crippen LogP contribution in [0.4, 0.5) is 5.69 Å².